The molecule has 36 heavy (non-hydrogen) atoms. The van der Waals surface area contributed by atoms with Gasteiger partial charge in [-0.3, -0.25) is 19.8 Å². The van der Waals surface area contributed by atoms with Crippen molar-refractivity contribution in [3.8, 4) is 0 Å². The van der Waals surface area contributed by atoms with Crippen LogP contribution < -0.4 is 16.0 Å². The number of nitrogens with two attached hydrogens (primary N) is 1. The number of amidine groups is 1. The summed E-state index contributed by atoms with van der Waals surface area (Å²) in [5.74, 6) is -2.60. The average Bonchev–Trinajstić information content (AvgIpc) is 3.12. The van der Waals surface area contributed by atoms with E-state index in [1.807, 2.05) is 0 Å². The van der Waals surface area contributed by atoms with E-state index in [2.05, 4.69) is 5.32 Å². The molecule has 0 radical (unpaired) electrons. The minimum absolute atomic E-state index is 0.0285. The number of rotatable bonds is 6. The number of benzene rings is 2. The number of anilines is 2. The van der Waals surface area contributed by atoms with Crippen molar-refractivity contribution in [2.75, 3.05) is 29.9 Å². The lowest BCUT2D eigenvalue weighted by atomic mass is 10.1. The highest BCUT2D eigenvalue weighted by Crippen LogP contribution is 2.31. The van der Waals surface area contributed by atoms with Crippen LogP contribution in [0.1, 0.15) is 21.5 Å². The van der Waals surface area contributed by atoms with Crippen molar-refractivity contribution in [1.29, 1.82) is 5.41 Å². The molecule has 1 fully saturated rings. The number of carbonyl (C=O) groups is 3. The zero-order valence-corrected chi connectivity index (χ0v) is 18.7. The number of nitrogens with zero attached hydrogens (tertiary/aromatic N) is 2. The van der Waals surface area contributed by atoms with Gasteiger partial charge in [-0.15, -0.1) is 0 Å². The lowest BCUT2D eigenvalue weighted by Crippen LogP contribution is -2.55. The number of fused-ring (bicyclic) bond motifs is 1. The molecule has 3 amide bonds. The molecule has 13 heteroatoms. The Morgan fingerprint density at radius 3 is 2.56 bits per heavy atom. The average molecular weight is 505 g/mol. The van der Waals surface area contributed by atoms with E-state index in [0.717, 1.165) is 0 Å². The molecular weight excluding hydrogens is 483 g/mol. The van der Waals surface area contributed by atoms with Gasteiger partial charge in [0.15, 0.2) is 12.2 Å². The lowest BCUT2D eigenvalue weighted by molar-refractivity contribution is -0.150. The van der Waals surface area contributed by atoms with E-state index < -0.39 is 42.7 Å². The molecule has 5 N–H and O–H groups in total. The Labute approximate surface area is 202 Å². The first-order valence-electron chi connectivity index (χ1n) is 10.8. The predicted molar refractivity (Wildman–Crippen MR) is 121 cm³/mol. The Bertz CT molecular complexity index is 1220. The predicted octanol–water partition coefficient (Wildman–Crippen LogP) is 1.22. The van der Waals surface area contributed by atoms with Crippen molar-refractivity contribution in [2.45, 2.75) is 24.9 Å². The highest BCUT2D eigenvalue weighted by atomic mass is 19.4. The smallest absolute Gasteiger partial charge is 0.384 e. The fourth-order valence-electron chi connectivity index (χ4n) is 4.04. The fourth-order valence-corrected chi connectivity index (χ4v) is 4.04. The summed E-state index contributed by atoms with van der Waals surface area (Å²) in [4.78, 5) is 40.0. The molecule has 0 bridgehead atoms. The van der Waals surface area contributed by atoms with E-state index in [4.69, 9.17) is 15.9 Å². The van der Waals surface area contributed by atoms with E-state index in [1.165, 1.54) is 47.4 Å². The van der Waals surface area contributed by atoms with Crippen LogP contribution in [0, 0.1) is 5.41 Å². The Morgan fingerprint density at radius 2 is 1.92 bits per heavy atom. The molecule has 0 aromatic heterocycles. The first-order valence-corrected chi connectivity index (χ1v) is 10.8. The van der Waals surface area contributed by atoms with E-state index in [0.29, 0.717) is 21.7 Å². The molecule has 2 aliphatic heterocycles. The van der Waals surface area contributed by atoms with Gasteiger partial charge < -0.3 is 30.7 Å². The molecule has 2 aliphatic rings. The van der Waals surface area contributed by atoms with Crippen LogP contribution in [0.25, 0.3) is 0 Å². The van der Waals surface area contributed by atoms with Gasteiger partial charge in [-0.25, -0.2) is 0 Å². The zero-order chi connectivity index (χ0) is 26.2. The summed E-state index contributed by atoms with van der Waals surface area (Å²) in [6, 6.07) is 10.2. The monoisotopic (exact) mass is 505 g/mol. The van der Waals surface area contributed by atoms with Gasteiger partial charge in [-0.2, -0.15) is 13.2 Å². The van der Waals surface area contributed by atoms with Gasteiger partial charge in [0.25, 0.3) is 17.7 Å². The molecule has 2 atom stereocenters. The maximum Gasteiger partial charge on any atom is 0.406 e. The second-order valence-corrected chi connectivity index (χ2v) is 8.32. The van der Waals surface area contributed by atoms with E-state index in [-0.39, 0.29) is 36.8 Å². The molecule has 0 unspecified atom stereocenters. The SMILES string of the molecule is N=C(N)c1ccc(NC(=O)[C@H](O)[C@H]2OCCN(c3ccc4c(c3)C(=O)N(CC(F)(F)F)C4)C2=O)cc1. The molecular formula is C23H22F3N5O5. The van der Waals surface area contributed by atoms with Gasteiger partial charge in [0.05, 0.1) is 6.61 Å². The zero-order valence-electron chi connectivity index (χ0n) is 18.7. The molecule has 0 saturated carbocycles. The number of aliphatic hydroxyl groups excluding tert-OH is 1. The van der Waals surface area contributed by atoms with Crippen molar-refractivity contribution < 1.29 is 37.4 Å². The van der Waals surface area contributed by atoms with Gasteiger partial charge >= 0.3 is 6.18 Å². The summed E-state index contributed by atoms with van der Waals surface area (Å²) in [6.45, 7) is -1.55. The number of halogens is 3. The minimum Gasteiger partial charge on any atom is -0.384 e. The molecule has 2 heterocycles. The van der Waals surface area contributed by atoms with Crippen molar-refractivity contribution >= 4 is 34.9 Å². The molecule has 10 nitrogen and oxygen atoms in total. The second kappa shape index (κ2) is 9.59. The van der Waals surface area contributed by atoms with Crippen LogP contribution in [0.4, 0.5) is 24.5 Å². The van der Waals surface area contributed by atoms with E-state index >= 15 is 0 Å². The molecule has 4 rings (SSSR count). The van der Waals surface area contributed by atoms with Crippen molar-refractivity contribution in [3.05, 3.63) is 59.2 Å². The summed E-state index contributed by atoms with van der Waals surface area (Å²) in [6.07, 6.45) is -7.95. The molecule has 0 aliphatic carbocycles. The van der Waals surface area contributed by atoms with Crippen LogP contribution >= 0.6 is 0 Å². The number of ether oxygens (including phenoxy) is 1. The van der Waals surface area contributed by atoms with Crippen LogP contribution in [0.3, 0.4) is 0 Å². The minimum atomic E-state index is -4.54. The van der Waals surface area contributed by atoms with E-state index in [1.54, 1.807) is 0 Å². The number of alkyl halides is 3. The lowest BCUT2D eigenvalue weighted by Gasteiger charge is -2.34. The van der Waals surface area contributed by atoms with Gasteiger partial charge in [-0.05, 0) is 42.0 Å². The summed E-state index contributed by atoms with van der Waals surface area (Å²) in [5, 5.41) is 20.3. The first kappa shape index (κ1) is 25.1. The fraction of sp³-hybridized carbons (Fsp3) is 0.304. The van der Waals surface area contributed by atoms with E-state index in [9.17, 15) is 32.7 Å². The molecule has 190 valence electrons. The summed E-state index contributed by atoms with van der Waals surface area (Å²) >= 11 is 0. The molecule has 1 saturated heterocycles. The van der Waals surface area contributed by atoms with Crippen LogP contribution in [0.15, 0.2) is 42.5 Å². The maximum absolute atomic E-state index is 13.1. The number of morpholine rings is 1. The Balaban J connectivity index is 1.46. The third kappa shape index (κ3) is 5.16. The van der Waals surface area contributed by atoms with Crippen molar-refractivity contribution in [2.24, 2.45) is 5.73 Å². The van der Waals surface area contributed by atoms with Crippen LogP contribution in [-0.4, -0.2) is 71.6 Å². The number of amides is 3. The summed E-state index contributed by atoms with van der Waals surface area (Å²) < 4.78 is 43.6. The Kier molecular flexibility index (Phi) is 6.69. The number of hydrogen-bond donors (Lipinski definition) is 4. The third-order valence-corrected chi connectivity index (χ3v) is 5.79. The van der Waals surface area contributed by atoms with Crippen molar-refractivity contribution in [1.82, 2.24) is 4.90 Å². The number of nitrogens with one attached hydrogen (secondary N) is 2. The molecule has 2 aromatic rings. The van der Waals surface area contributed by atoms with Crippen LogP contribution in [-0.2, 0) is 20.9 Å². The quantitative estimate of drug-likeness (QED) is 0.343. The maximum atomic E-state index is 13.1. The molecule has 2 aromatic carbocycles. The van der Waals surface area contributed by atoms with Crippen LogP contribution in [0.2, 0.25) is 0 Å². The van der Waals surface area contributed by atoms with Gasteiger partial charge in [0.2, 0.25) is 0 Å². The molecule has 0 spiro atoms. The van der Waals surface area contributed by atoms with Gasteiger partial charge in [0, 0.05) is 35.6 Å². The van der Waals surface area contributed by atoms with Gasteiger partial charge in [0.1, 0.15) is 12.4 Å². The highest BCUT2D eigenvalue weighted by Gasteiger charge is 2.41. The third-order valence-electron chi connectivity index (χ3n) is 5.79. The number of aliphatic hydroxyl groups is 1. The summed E-state index contributed by atoms with van der Waals surface area (Å²) in [5.41, 5.74) is 6.81. The largest absolute Gasteiger partial charge is 0.406 e. The Morgan fingerprint density at radius 1 is 1.22 bits per heavy atom. The van der Waals surface area contributed by atoms with Crippen LogP contribution in [0.5, 0.6) is 0 Å². The number of hydrogen-bond acceptors (Lipinski definition) is 6. The van der Waals surface area contributed by atoms with Gasteiger partial charge in [-0.1, -0.05) is 6.07 Å². The first-order chi connectivity index (χ1) is 16.9. The number of carbonyl (C=O) groups excluding carboxylic acids is 3. The standard InChI is InChI=1S/C23H22F3N5O5/c24-23(25,26)11-30-10-13-3-6-15(9-16(13)21(30)34)31-7-8-36-18(22(31)35)17(32)20(33)29-14-4-1-12(2-5-14)19(27)28/h1-6,9,17-18,32H,7-8,10-11H2,(H3,27,28)(H,29,33)/t17-,18-/m1/s1. The topological polar surface area (TPSA) is 149 Å². The number of nitrogen functional groups attached to an aromatic ring is 1. The summed E-state index contributed by atoms with van der Waals surface area (Å²) in [7, 11) is 0. The van der Waals surface area contributed by atoms with Crippen molar-refractivity contribution in [3.63, 3.8) is 0 Å². The normalized spacial score (nSPS) is 18.7. The second-order valence-electron chi connectivity index (χ2n) is 8.32. The highest BCUT2D eigenvalue weighted by molar-refractivity contribution is 6.05. The Hall–Kier alpha value is -3.97.